The summed E-state index contributed by atoms with van der Waals surface area (Å²) >= 11 is 0. The molecule has 7 nitrogen and oxygen atoms in total. The lowest BCUT2D eigenvalue weighted by Crippen LogP contribution is -2.37. The largest absolute Gasteiger partial charge is 0.497 e. The molecule has 1 aliphatic heterocycles. The quantitative estimate of drug-likeness (QED) is 0.629. The Morgan fingerprint density at radius 3 is 2.77 bits per heavy atom. The topological polar surface area (TPSA) is 79.6 Å². The van der Waals surface area contributed by atoms with Gasteiger partial charge < -0.3 is 19.6 Å². The van der Waals surface area contributed by atoms with Crippen LogP contribution in [0.2, 0.25) is 0 Å². The van der Waals surface area contributed by atoms with Crippen LogP contribution in [-0.2, 0) is 6.54 Å². The van der Waals surface area contributed by atoms with E-state index in [1.54, 1.807) is 13.2 Å². The van der Waals surface area contributed by atoms with Crippen LogP contribution in [0.4, 0.5) is 0 Å². The third-order valence-electron chi connectivity index (χ3n) is 5.51. The van der Waals surface area contributed by atoms with Gasteiger partial charge in [0.2, 0.25) is 0 Å². The Bertz CT molecular complexity index is 1140. The molecule has 1 aromatic heterocycles. The number of hydrogen-bond donors (Lipinski definition) is 2. The second-order valence-electron chi connectivity index (χ2n) is 7.62. The highest BCUT2D eigenvalue weighted by Gasteiger charge is 2.28. The molecule has 0 spiro atoms. The number of carbonyl (C=O) groups is 1. The van der Waals surface area contributed by atoms with Gasteiger partial charge in [-0.25, -0.2) is 5.43 Å². The van der Waals surface area contributed by atoms with Crippen molar-refractivity contribution in [3.8, 4) is 17.1 Å². The Labute approximate surface area is 181 Å². The maximum Gasteiger partial charge on any atom is 0.277 e. The summed E-state index contributed by atoms with van der Waals surface area (Å²) in [6, 6.07) is 17.3. The first-order chi connectivity index (χ1) is 15.0. The number of hydrazine groups is 1. The van der Waals surface area contributed by atoms with E-state index < -0.39 is 0 Å². The minimum Gasteiger partial charge on any atom is -0.497 e. The minimum absolute atomic E-state index is 0.0299. The van der Waals surface area contributed by atoms with Crippen molar-refractivity contribution in [2.75, 3.05) is 7.11 Å². The number of amides is 1. The predicted molar refractivity (Wildman–Crippen MR) is 118 cm³/mol. The molecule has 0 saturated carbocycles. The maximum atomic E-state index is 12.8. The fourth-order valence-electron chi connectivity index (χ4n) is 3.66. The molecular weight excluding hydrogens is 392 g/mol. The van der Waals surface area contributed by atoms with E-state index in [9.17, 15) is 4.79 Å². The molecule has 0 aliphatic carbocycles. The molecule has 4 rings (SSSR count). The van der Waals surface area contributed by atoms with Crippen molar-refractivity contribution in [3.05, 3.63) is 82.8 Å². The summed E-state index contributed by atoms with van der Waals surface area (Å²) < 4.78 is 10.6. The Morgan fingerprint density at radius 2 is 2.00 bits per heavy atom. The number of ether oxygens (including phenoxy) is 1. The normalized spacial score (nSPS) is 16.0. The van der Waals surface area contributed by atoms with Crippen molar-refractivity contribution in [3.63, 3.8) is 0 Å². The number of allylic oxidation sites excluding steroid dienone is 1. The van der Waals surface area contributed by atoms with Gasteiger partial charge in [0.05, 0.1) is 25.4 Å². The van der Waals surface area contributed by atoms with Gasteiger partial charge in [0, 0.05) is 17.3 Å². The fraction of sp³-hybridized carbons (Fsp3) is 0.250. The molecule has 0 saturated heterocycles. The Hall–Kier alpha value is -3.58. The molecule has 31 heavy (non-hydrogen) atoms. The molecule has 0 fully saturated rings. The van der Waals surface area contributed by atoms with Crippen molar-refractivity contribution in [1.29, 1.82) is 0 Å². The van der Waals surface area contributed by atoms with Crippen molar-refractivity contribution in [2.45, 2.75) is 33.4 Å². The highest BCUT2D eigenvalue weighted by Crippen LogP contribution is 2.25. The van der Waals surface area contributed by atoms with E-state index in [1.165, 1.54) is 11.1 Å². The van der Waals surface area contributed by atoms with Crippen LogP contribution in [-0.4, -0.2) is 29.2 Å². The lowest BCUT2D eigenvalue weighted by Gasteiger charge is -2.22. The van der Waals surface area contributed by atoms with E-state index in [2.05, 4.69) is 40.0 Å². The first-order valence-corrected chi connectivity index (χ1v) is 10.2. The standard InChI is InChI=1S/C24H26N4O3/c1-15-8-5-6-9-19(15)14-28-17(3)23(16(2)26-28)25-24(29)21-13-22(31-27-21)18-10-7-11-20(12-18)30-4/h5-13,16,26H,14H2,1-4H3,(H,25,29)/t16-/m0/s1. The van der Waals surface area contributed by atoms with Crippen LogP contribution in [0.1, 0.15) is 35.5 Å². The van der Waals surface area contributed by atoms with Crippen LogP contribution in [0, 0.1) is 6.92 Å². The van der Waals surface area contributed by atoms with Crippen molar-refractivity contribution in [1.82, 2.24) is 20.9 Å². The van der Waals surface area contributed by atoms with Crippen molar-refractivity contribution >= 4 is 5.91 Å². The van der Waals surface area contributed by atoms with Gasteiger partial charge in [-0.3, -0.25) is 4.79 Å². The summed E-state index contributed by atoms with van der Waals surface area (Å²) in [7, 11) is 1.60. The van der Waals surface area contributed by atoms with Gasteiger partial charge in [-0.1, -0.05) is 41.6 Å². The zero-order valence-electron chi connectivity index (χ0n) is 18.1. The highest BCUT2D eigenvalue weighted by atomic mass is 16.5. The molecule has 3 aromatic rings. The molecule has 2 aromatic carbocycles. The second-order valence-corrected chi connectivity index (χ2v) is 7.62. The smallest absolute Gasteiger partial charge is 0.277 e. The Balaban J connectivity index is 1.49. The zero-order valence-corrected chi connectivity index (χ0v) is 18.1. The molecule has 2 heterocycles. The van der Waals surface area contributed by atoms with E-state index in [0.717, 1.165) is 17.0 Å². The van der Waals surface area contributed by atoms with Gasteiger partial charge in [-0.05, 0) is 44.0 Å². The van der Waals surface area contributed by atoms with Crippen LogP contribution >= 0.6 is 0 Å². The number of methoxy groups -OCH3 is 1. The molecule has 160 valence electrons. The van der Waals surface area contributed by atoms with Gasteiger partial charge in [0.15, 0.2) is 11.5 Å². The number of aromatic nitrogens is 1. The predicted octanol–water partition coefficient (Wildman–Crippen LogP) is 4.03. The van der Waals surface area contributed by atoms with E-state index in [-0.39, 0.29) is 17.6 Å². The number of carbonyl (C=O) groups excluding carboxylic acids is 1. The van der Waals surface area contributed by atoms with Gasteiger partial charge in [-0.2, -0.15) is 0 Å². The molecule has 0 unspecified atom stereocenters. The maximum absolute atomic E-state index is 12.8. The molecule has 0 bridgehead atoms. The summed E-state index contributed by atoms with van der Waals surface area (Å²) in [4.78, 5) is 12.8. The van der Waals surface area contributed by atoms with Crippen molar-refractivity contribution in [2.24, 2.45) is 0 Å². The number of nitrogens with zero attached hydrogens (tertiary/aromatic N) is 2. The van der Waals surface area contributed by atoms with Crippen LogP contribution in [0.5, 0.6) is 5.75 Å². The van der Waals surface area contributed by atoms with Crippen LogP contribution in [0.25, 0.3) is 11.3 Å². The van der Waals surface area contributed by atoms with E-state index in [4.69, 9.17) is 9.26 Å². The second kappa shape index (κ2) is 8.65. The monoisotopic (exact) mass is 418 g/mol. The van der Waals surface area contributed by atoms with Crippen molar-refractivity contribution < 1.29 is 14.1 Å². The molecule has 7 heteroatoms. The fourth-order valence-corrected chi connectivity index (χ4v) is 3.66. The summed E-state index contributed by atoms with van der Waals surface area (Å²) in [5.74, 6) is 0.910. The van der Waals surface area contributed by atoms with Gasteiger partial charge in [0.1, 0.15) is 5.75 Å². The van der Waals surface area contributed by atoms with E-state index in [0.29, 0.717) is 18.1 Å². The summed E-state index contributed by atoms with van der Waals surface area (Å²) in [5, 5.41) is 9.02. The Morgan fingerprint density at radius 1 is 1.19 bits per heavy atom. The number of nitrogens with one attached hydrogen (secondary N) is 2. The molecule has 0 radical (unpaired) electrons. The molecular formula is C24H26N4O3. The first-order valence-electron chi connectivity index (χ1n) is 10.2. The summed E-state index contributed by atoms with van der Waals surface area (Å²) in [5.41, 5.74) is 8.69. The molecule has 1 atom stereocenters. The Kier molecular flexibility index (Phi) is 5.77. The van der Waals surface area contributed by atoms with Crippen LogP contribution in [0.15, 0.2) is 70.5 Å². The number of rotatable bonds is 6. The summed E-state index contributed by atoms with van der Waals surface area (Å²) in [6.07, 6.45) is 0. The number of hydrogen-bond acceptors (Lipinski definition) is 6. The lowest BCUT2D eigenvalue weighted by molar-refractivity contribution is 0.0954. The van der Waals surface area contributed by atoms with E-state index >= 15 is 0 Å². The number of aryl methyl sites for hydroxylation is 1. The number of benzene rings is 2. The first kappa shape index (κ1) is 20.7. The lowest BCUT2D eigenvalue weighted by atomic mass is 10.1. The average molecular weight is 418 g/mol. The third-order valence-corrected chi connectivity index (χ3v) is 5.51. The molecule has 1 amide bonds. The molecule has 2 N–H and O–H groups in total. The zero-order chi connectivity index (χ0) is 22.0. The molecule has 1 aliphatic rings. The highest BCUT2D eigenvalue weighted by molar-refractivity contribution is 5.94. The SMILES string of the molecule is COc1cccc(-c2cc(C(=O)NC3=C(C)N(Cc4ccccc4C)N[C@H]3C)no2)c1. The van der Waals surface area contributed by atoms with Gasteiger partial charge in [-0.15, -0.1) is 0 Å². The summed E-state index contributed by atoms with van der Waals surface area (Å²) in [6.45, 7) is 6.82. The van der Waals surface area contributed by atoms with Crippen LogP contribution in [0.3, 0.4) is 0 Å². The minimum atomic E-state index is -0.307. The van der Waals surface area contributed by atoms with Gasteiger partial charge >= 0.3 is 0 Å². The average Bonchev–Trinajstić information content (AvgIpc) is 3.37. The van der Waals surface area contributed by atoms with Gasteiger partial charge in [0.25, 0.3) is 5.91 Å². The third kappa shape index (κ3) is 4.32. The van der Waals surface area contributed by atoms with Crippen LogP contribution < -0.4 is 15.5 Å². The van der Waals surface area contributed by atoms with E-state index in [1.807, 2.05) is 50.2 Å².